The summed E-state index contributed by atoms with van der Waals surface area (Å²) in [7, 11) is 2.11. The van der Waals surface area contributed by atoms with Gasteiger partial charge in [-0.05, 0) is 37.1 Å². The molecule has 1 rings (SSSR count). The average Bonchev–Trinajstić information content (AvgIpc) is 2.27. The predicted octanol–water partition coefficient (Wildman–Crippen LogP) is 2.23. The molecule has 0 radical (unpaired) electrons. The van der Waals surface area contributed by atoms with Gasteiger partial charge in [0.05, 0.1) is 0 Å². The number of hydrogen-bond donors (Lipinski definition) is 2. The van der Waals surface area contributed by atoms with Crippen molar-refractivity contribution in [3.05, 3.63) is 29.6 Å². The van der Waals surface area contributed by atoms with Gasteiger partial charge in [0, 0.05) is 18.8 Å². The van der Waals surface area contributed by atoms with Gasteiger partial charge in [0.25, 0.3) is 0 Å². The highest BCUT2D eigenvalue weighted by molar-refractivity contribution is 5.93. The number of nitrogens with two attached hydrogens (primary N) is 1. The highest BCUT2D eigenvalue weighted by Crippen LogP contribution is 2.24. The van der Waals surface area contributed by atoms with Crippen molar-refractivity contribution in [2.75, 3.05) is 7.05 Å². The molecule has 0 fully saturated rings. The number of nitrogens with one attached hydrogen (secondary N) is 1. The van der Waals surface area contributed by atoms with Gasteiger partial charge in [0.2, 0.25) is 0 Å². The number of amidine groups is 1. The van der Waals surface area contributed by atoms with Crippen molar-refractivity contribution < 1.29 is 0 Å². The fourth-order valence-corrected chi connectivity index (χ4v) is 1.81. The first kappa shape index (κ1) is 14.6. The van der Waals surface area contributed by atoms with Gasteiger partial charge in [-0.25, -0.2) is 0 Å². The van der Waals surface area contributed by atoms with Crippen LogP contribution in [0, 0.1) is 10.8 Å². The van der Waals surface area contributed by atoms with Crippen molar-refractivity contribution in [1.29, 1.82) is 5.41 Å². The van der Waals surface area contributed by atoms with E-state index in [-0.39, 0.29) is 11.3 Å². The average molecular weight is 248 g/mol. The van der Waals surface area contributed by atoms with Crippen LogP contribution in [0.4, 0.5) is 0 Å². The van der Waals surface area contributed by atoms with E-state index in [1.807, 2.05) is 12.1 Å². The van der Waals surface area contributed by atoms with Crippen LogP contribution in [0.5, 0.6) is 0 Å². The molecule has 0 spiro atoms. The Morgan fingerprint density at radius 1 is 1.50 bits per heavy atom. The predicted molar refractivity (Wildman–Crippen MR) is 75.6 cm³/mol. The minimum absolute atomic E-state index is 0.0170. The van der Waals surface area contributed by atoms with Crippen molar-refractivity contribution in [2.45, 2.75) is 40.3 Å². The molecular weight excluding hydrogens is 224 g/mol. The molecule has 4 nitrogen and oxygen atoms in total. The maximum Gasteiger partial charge on any atom is 0.141 e. The zero-order valence-corrected chi connectivity index (χ0v) is 12.0. The van der Waals surface area contributed by atoms with Crippen molar-refractivity contribution in [2.24, 2.45) is 11.1 Å². The van der Waals surface area contributed by atoms with Crippen LogP contribution in [-0.2, 0) is 6.54 Å². The quantitative estimate of drug-likeness (QED) is 0.634. The summed E-state index contributed by atoms with van der Waals surface area (Å²) in [5, 5.41) is 7.40. The molecule has 0 aliphatic rings. The number of rotatable bonds is 4. The standard InChI is InChI=1S/C14H24N4/c1-10(14(2,3)4)18(5)9-11-6-7-17-12(8-11)13(15)16/h6-8,10H,9H2,1-5H3,(H3,15,16). The highest BCUT2D eigenvalue weighted by Gasteiger charge is 2.23. The lowest BCUT2D eigenvalue weighted by Crippen LogP contribution is -2.38. The van der Waals surface area contributed by atoms with Gasteiger partial charge in [0.15, 0.2) is 0 Å². The molecule has 1 atom stereocenters. The summed E-state index contributed by atoms with van der Waals surface area (Å²) in [6.07, 6.45) is 1.71. The maximum absolute atomic E-state index is 7.40. The molecule has 100 valence electrons. The molecule has 0 aliphatic carbocycles. The lowest BCUT2D eigenvalue weighted by atomic mass is 9.87. The van der Waals surface area contributed by atoms with Gasteiger partial charge < -0.3 is 5.73 Å². The van der Waals surface area contributed by atoms with E-state index in [4.69, 9.17) is 11.1 Å². The molecule has 1 heterocycles. The van der Waals surface area contributed by atoms with Crippen molar-refractivity contribution in [3.8, 4) is 0 Å². The van der Waals surface area contributed by atoms with Gasteiger partial charge >= 0.3 is 0 Å². The number of nitrogen functional groups attached to an aromatic ring is 1. The third-order valence-corrected chi connectivity index (χ3v) is 3.45. The molecule has 3 N–H and O–H groups in total. The van der Waals surface area contributed by atoms with E-state index in [1.165, 1.54) is 0 Å². The van der Waals surface area contributed by atoms with Crippen LogP contribution >= 0.6 is 0 Å². The molecule has 1 aromatic rings. The third kappa shape index (κ3) is 3.81. The summed E-state index contributed by atoms with van der Waals surface area (Å²) in [5.74, 6) is 0.0170. The van der Waals surface area contributed by atoms with Gasteiger partial charge in [-0.1, -0.05) is 20.8 Å². The monoisotopic (exact) mass is 248 g/mol. The molecule has 4 heteroatoms. The molecule has 1 unspecified atom stereocenters. The zero-order valence-electron chi connectivity index (χ0n) is 12.0. The second kappa shape index (κ2) is 5.48. The van der Waals surface area contributed by atoms with E-state index in [2.05, 4.69) is 44.6 Å². The van der Waals surface area contributed by atoms with Gasteiger partial charge in [-0.3, -0.25) is 15.3 Å². The minimum atomic E-state index is 0.0170. The first-order chi connectivity index (χ1) is 8.21. The lowest BCUT2D eigenvalue weighted by Gasteiger charge is -2.35. The molecule has 0 saturated carbocycles. The Morgan fingerprint density at radius 2 is 2.11 bits per heavy atom. The van der Waals surface area contributed by atoms with Crippen LogP contribution in [0.3, 0.4) is 0 Å². The Labute approximate surface area is 110 Å². The van der Waals surface area contributed by atoms with Crippen LogP contribution in [0.1, 0.15) is 39.0 Å². The first-order valence-corrected chi connectivity index (χ1v) is 6.21. The van der Waals surface area contributed by atoms with E-state index in [1.54, 1.807) is 6.20 Å². The van der Waals surface area contributed by atoms with Gasteiger partial charge in [0.1, 0.15) is 11.5 Å². The molecule has 0 saturated heterocycles. The van der Waals surface area contributed by atoms with Crippen molar-refractivity contribution >= 4 is 5.84 Å². The van der Waals surface area contributed by atoms with Crippen molar-refractivity contribution in [1.82, 2.24) is 9.88 Å². The summed E-state index contributed by atoms with van der Waals surface area (Å²) < 4.78 is 0. The highest BCUT2D eigenvalue weighted by atomic mass is 15.1. The summed E-state index contributed by atoms with van der Waals surface area (Å²) in [4.78, 5) is 6.38. The Hall–Kier alpha value is -1.42. The molecule has 1 aromatic heterocycles. The SMILES string of the molecule is CC(N(C)Cc1ccnc(C(=N)N)c1)C(C)(C)C. The minimum Gasteiger partial charge on any atom is -0.382 e. The molecule has 0 bridgehead atoms. The smallest absolute Gasteiger partial charge is 0.141 e. The van der Waals surface area contributed by atoms with E-state index < -0.39 is 0 Å². The van der Waals surface area contributed by atoms with Gasteiger partial charge in [-0.2, -0.15) is 0 Å². The second-order valence-corrected chi connectivity index (χ2v) is 5.92. The molecule has 18 heavy (non-hydrogen) atoms. The summed E-state index contributed by atoms with van der Waals surface area (Å²) in [6, 6.07) is 4.32. The Morgan fingerprint density at radius 3 is 2.61 bits per heavy atom. The summed E-state index contributed by atoms with van der Waals surface area (Å²) in [5.41, 5.74) is 7.37. The lowest BCUT2D eigenvalue weighted by molar-refractivity contribution is 0.134. The Balaban J connectivity index is 2.79. The van der Waals surface area contributed by atoms with Crippen LogP contribution < -0.4 is 5.73 Å². The Kier molecular flexibility index (Phi) is 4.46. The van der Waals surface area contributed by atoms with E-state index in [0.29, 0.717) is 11.7 Å². The van der Waals surface area contributed by atoms with E-state index >= 15 is 0 Å². The third-order valence-electron chi connectivity index (χ3n) is 3.45. The molecule has 0 amide bonds. The zero-order chi connectivity index (χ0) is 13.9. The van der Waals surface area contributed by atoms with Crippen molar-refractivity contribution in [3.63, 3.8) is 0 Å². The van der Waals surface area contributed by atoms with E-state index in [9.17, 15) is 0 Å². The normalized spacial score (nSPS) is 13.7. The van der Waals surface area contributed by atoms with Crippen LogP contribution in [0.2, 0.25) is 0 Å². The number of pyridine rings is 1. The second-order valence-electron chi connectivity index (χ2n) is 5.92. The number of nitrogens with zero attached hydrogens (tertiary/aromatic N) is 2. The van der Waals surface area contributed by atoms with Crippen LogP contribution in [0.25, 0.3) is 0 Å². The molecule has 0 aliphatic heterocycles. The largest absolute Gasteiger partial charge is 0.382 e. The molecular formula is C14H24N4. The van der Waals surface area contributed by atoms with E-state index in [0.717, 1.165) is 12.1 Å². The topological polar surface area (TPSA) is 66.0 Å². The maximum atomic E-state index is 7.40. The first-order valence-electron chi connectivity index (χ1n) is 6.21. The van der Waals surface area contributed by atoms with Crippen LogP contribution in [-0.4, -0.2) is 28.8 Å². The van der Waals surface area contributed by atoms with Crippen LogP contribution in [0.15, 0.2) is 18.3 Å². The number of aromatic nitrogens is 1. The van der Waals surface area contributed by atoms with Gasteiger partial charge in [-0.15, -0.1) is 0 Å². The fraction of sp³-hybridized carbons (Fsp3) is 0.571. The summed E-state index contributed by atoms with van der Waals surface area (Å²) >= 11 is 0. The number of hydrogen-bond acceptors (Lipinski definition) is 3. The summed E-state index contributed by atoms with van der Waals surface area (Å²) in [6.45, 7) is 9.78. The Bertz CT molecular complexity index is 420. The molecule has 0 aromatic carbocycles. The fourth-order valence-electron chi connectivity index (χ4n) is 1.81.